The van der Waals surface area contributed by atoms with Gasteiger partial charge in [-0.2, -0.15) is 0 Å². The summed E-state index contributed by atoms with van der Waals surface area (Å²) < 4.78 is 7.09. The Kier molecular flexibility index (Phi) is 2.92. The Balaban J connectivity index is 1.92. The van der Waals surface area contributed by atoms with E-state index in [9.17, 15) is 10.1 Å². The van der Waals surface area contributed by atoms with Crippen molar-refractivity contribution in [2.75, 3.05) is 0 Å². The van der Waals surface area contributed by atoms with Gasteiger partial charge >= 0.3 is 0 Å². The minimum atomic E-state index is -0.532. The summed E-state index contributed by atoms with van der Waals surface area (Å²) in [5.74, 6) is 0.537. The molecule has 9 heteroatoms. The van der Waals surface area contributed by atoms with Crippen LogP contribution in [-0.2, 0) is 0 Å². The second-order valence-corrected chi connectivity index (χ2v) is 4.20. The molecule has 0 aliphatic carbocycles. The largest absolute Gasteiger partial charge is 0.437 e. The quantitative estimate of drug-likeness (QED) is 0.543. The first kappa shape index (κ1) is 12.3. The molecule has 0 aliphatic heterocycles. The maximum Gasteiger partial charge on any atom is 0.271 e. The van der Waals surface area contributed by atoms with Gasteiger partial charge in [0.25, 0.3) is 5.69 Å². The number of hydrogen-bond donors (Lipinski definition) is 0. The Morgan fingerprint density at radius 2 is 2.15 bits per heavy atom. The fraction of sp³-hybridized carbons (Fsp3) is 0. The van der Waals surface area contributed by atoms with E-state index < -0.39 is 4.92 Å². The van der Waals surface area contributed by atoms with Crippen molar-refractivity contribution in [2.24, 2.45) is 0 Å². The number of non-ortho nitro benzene ring substituents is 1. The number of ether oxygens (including phenoxy) is 1. The molecule has 8 nitrogen and oxygen atoms in total. The number of nitro groups is 1. The smallest absolute Gasteiger partial charge is 0.271 e. The molecule has 2 heterocycles. The molecule has 0 N–H and O–H groups in total. The van der Waals surface area contributed by atoms with E-state index in [4.69, 9.17) is 16.3 Å². The molecule has 1 aromatic carbocycles. The maximum absolute atomic E-state index is 10.6. The molecule has 100 valence electrons. The van der Waals surface area contributed by atoms with Crippen LogP contribution in [0.1, 0.15) is 0 Å². The topological polar surface area (TPSA) is 95.5 Å². The van der Waals surface area contributed by atoms with Gasteiger partial charge in [0, 0.05) is 18.2 Å². The van der Waals surface area contributed by atoms with Crippen molar-refractivity contribution in [1.29, 1.82) is 0 Å². The van der Waals surface area contributed by atoms with Gasteiger partial charge < -0.3 is 4.74 Å². The van der Waals surface area contributed by atoms with Gasteiger partial charge in [0.1, 0.15) is 18.4 Å². The number of fused-ring (bicyclic) bond motifs is 1. The van der Waals surface area contributed by atoms with Gasteiger partial charge in [0.05, 0.1) is 9.95 Å². The summed E-state index contributed by atoms with van der Waals surface area (Å²) in [6.07, 6.45) is 2.99. The van der Waals surface area contributed by atoms with Crippen molar-refractivity contribution < 1.29 is 9.66 Å². The van der Waals surface area contributed by atoms with Gasteiger partial charge in [0.15, 0.2) is 5.65 Å². The van der Waals surface area contributed by atoms with Crippen molar-refractivity contribution in [2.45, 2.75) is 0 Å². The van der Waals surface area contributed by atoms with Crippen LogP contribution in [0.2, 0.25) is 5.02 Å². The number of halogens is 1. The first-order valence-electron chi connectivity index (χ1n) is 5.40. The monoisotopic (exact) mass is 291 g/mol. The number of nitrogens with zero attached hydrogens (tertiary/aromatic N) is 5. The van der Waals surface area contributed by atoms with Crippen molar-refractivity contribution in [3.05, 3.63) is 52.1 Å². The fourth-order valence-electron chi connectivity index (χ4n) is 1.57. The molecule has 0 unspecified atom stereocenters. The number of benzene rings is 1. The normalized spacial score (nSPS) is 10.7. The minimum Gasteiger partial charge on any atom is -0.437 e. The third-order valence-electron chi connectivity index (χ3n) is 2.50. The highest BCUT2D eigenvalue weighted by Gasteiger charge is 2.11. The van der Waals surface area contributed by atoms with Crippen LogP contribution in [-0.4, -0.2) is 24.5 Å². The second-order valence-electron chi connectivity index (χ2n) is 3.80. The Labute approximate surface area is 116 Å². The van der Waals surface area contributed by atoms with E-state index >= 15 is 0 Å². The van der Waals surface area contributed by atoms with Gasteiger partial charge in [-0.1, -0.05) is 11.6 Å². The summed E-state index contributed by atoms with van der Waals surface area (Å²) in [6, 6.07) is 5.50. The lowest BCUT2D eigenvalue weighted by Gasteiger charge is -2.06. The third-order valence-corrected chi connectivity index (χ3v) is 2.80. The summed E-state index contributed by atoms with van der Waals surface area (Å²) in [6.45, 7) is 0. The molecule has 20 heavy (non-hydrogen) atoms. The van der Waals surface area contributed by atoms with E-state index in [0.29, 0.717) is 5.65 Å². The Bertz CT molecular complexity index is 804. The summed E-state index contributed by atoms with van der Waals surface area (Å²) in [5, 5.41) is 18.3. The molecule has 0 bridgehead atoms. The van der Waals surface area contributed by atoms with Crippen molar-refractivity contribution >= 4 is 22.9 Å². The highest BCUT2D eigenvalue weighted by molar-refractivity contribution is 6.32. The zero-order valence-corrected chi connectivity index (χ0v) is 10.6. The number of hydrogen-bond acceptors (Lipinski definition) is 6. The molecule has 0 saturated heterocycles. The SMILES string of the molecule is O=[N+]([O-])c1ccc(Oc2cc3nncn3cn2)c(Cl)c1. The average molecular weight is 292 g/mol. The van der Waals surface area contributed by atoms with E-state index in [0.717, 1.165) is 0 Å². The number of nitro benzene ring substituents is 1. The van der Waals surface area contributed by atoms with Crippen LogP contribution >= 0.6 is 11.6 Å². The molecule has 0 amide bonds. The molecule has 0 radical (unpaired) electrons. The van der Waals surface area contributed by atoms with Crippen LogP contribution < -0.4 is 4.74 Å². The van der Waals surface area contributed by atoms with E-state index in [1.165, 1.54) is 30.9 Å². The highest BCUT2D eigenvalue weighted by Crippen LogP contribution is 2.31. The molecule has 0 aliphatic rings. The standard InChI is InChI=1S/C11H6ClN5O3/c12-8-3-7(17(18)19)1-2-9(8)20-11-4-10-15-14-6-16(10)5-13-11/h1-6H. The Hall–Kier alpha value is -2.74. The molecule has 0 saturated carbocycles. The molecule has 3 aromatic rings. The predicted molar refractivity (Wildman–Crippen MR) is 69.0 cm³/mol. The first-order valence-corrected chi connectivity index (χ1v) is 5.78. The van der Waals surface area contributed by atoms with Gasteiger partial charge in [-0.3, -0.25) is 14.5 Å². The summed E-state index contributed by atoms with van der Waals surface area (Å²) >= 11 is 5.93. The van der Waals surface area contributed by atoms with Crippen LogP contribution in [0.3, 0.4) is 0 Å². The lowest BCUT2D eigenvalue weighted by molar-refractivity contribution is -0.384. The third kappa shape index (κ3) is 2.24. The van der Waals surface area contributed by atoms with Gasteiger partial charge in [-0.05, 0) is 6.07 Å². The first-order chi connectivity index (χ1) is 9.63. The second kappa shape index (κ2) is 4.74. The molecule has 0 spiro atoms. The zero-order chi connectivity index (χ0) is 14.1. The summed E-state index contributed by atoms with van der Waals surface area (Å²) in [5.41, 5.74) is 0.455. The van der Waals surface area contributed by atoms with Crippen molar-refractivity contribution in [1.82, 2.24) is 19.6 Å². The molecule has 0 fully saturated rings. The van der Waals surface area contributed by atoms with E-state index in [1.54, 1.807) is 10.5 Å². The van der Waals surface area contributed by atoms with Gasteiger partial charge in [-0.25, -0.2) is 4.98 Å². The molecular weight excluding hydrogens is 286 g/mol. The Morgan fingerprint density at radius 3 is 2.90 bits per heavy atom. The molecular formula is C11H6ClN5O3. The molecule has 3 rings (SSSR count). The fourth-order valence-corrected chi connectivity index (χ4v) is 1.78. The maximum atomic E-state index is 10.6. The van der Waals surface area contributed by atoms with E-state index in [1.807, 2.05) is 0 Å². The van der Waals surface area contributed by atoms with Gasteiger partial charge in [0.2, 0.25) is 5.88 Å². The summed E-state index contributed by atoms with van der Waals surface area (Å²) in [4.78, 5) is 14.1. The van der Waals surface area contributed by atoms with Crippen molar-refractivity contribution in [3.8, 4) is 11.6 Å². The van der Waals surface area contributed by atoms with Crippen LogP contribution in [0.25, 0.3) is 5.65 Å². The minimum absolute atomic E-state index is 0.108. The lowest BCUT2D eigenvalue weighted by Crippen LogP contribution is -1.93. The van der Waals surface area contributed by atoms with Crippen LogP contribution in [0.5, 0.6) is 11.6 Å². The lowest BCUT2D eigenvalue weighted by atomic mass is 10.3. The van der Waals surface area contributed by atoms with Crippen LogP contribution in [0.4, 0.5) is 5.69 Å². The van der Waals surface area contributed by atoms with E-state index in [-0.39, 0.29) is 22.3 Å². The Morgan fingerprint density at radius 1 is 1.30 bits per heavy atom. The van der Waals surface area contributed by atoms with Crippen LogP contribution in [0, 0.1) is 10.1 Å². The van der Waals surface area contributed by atoms with E-state index in [2.05, 4.69) is 15.2 Å². The number of rotatable bonds is 3. The van der Waals surface area contributed by atoms with Gasteiger partial charge in [-0.15, -0.1) is 10.2 Å². The van der Waals surface area contributed by atoms with Crippen molar-refractivity contribution in [3.63, 3.8) is 0 Å². The highest BCUT2D eigenvalue weighted by atomic mass is 35.5. The van der Waals surface area contributed by atoms with Crippen LogP contribution in [0.15, 0.2) is 36.9 Å². The zero-order valence-electron chi connectivity index (χ0n) is 9.80. The average Bonchev–Trinajstić information content (AvgIpc) is 2.88. The molecule has 2 aromatic heterocycles. The molecule has 0 atom stereocenters. The summed E-state index contributed by atoms with van der Waals surface area (Å²) in [7, 11) is 0. The predicted octanol–water partition coefficient (Wildman–Crippen LogP) is 2.48. The number of aromatic nitrogens is 4.